The van der Waals surface area contributed by atoms with Gasteiger partial charge in [-0.3, -0.25) is 4.79 Å². The molecule has 1 aromatic carbocycles. The van der Waals surface area contributed by atoms with Gasteiger partial charge in [0.15, 0.2) is 6.61 Å². The maximum Gasteiger partial charge on any atom is 0.238 e. The first-order chi connectivity index (χ1) is 10.2. The molecule has 0 radical (unpaired) electrons. The maximum atomic E-state index is 11.1. The van der Waals surface area contributed by atoms with E-state index in [-0.39, 0.29) is 19.1 Å². The summed E-state index contributed by atoms with van der Waals surface area (Å²) in [5.74, 6) is 2.11. The molecule has 110 valence electrons. The quantitative estimate of drug-likeness (QED) is 0.833. The fourth-order valence-corrected chi connectivity index (χ4v) is 1.82. The average Bonchev–Trinajstić information content (AvgIpc) is 3.25. The number of ether oxygens (including phenoxy) is 1. The zero-order valence-corrected chi connectivity index (χ0v) is 11.4. The molecule has 0 aliphatic heterocycles. The number of hydrogen-bond donors (Lipinski definition) is 2. The van der Waals surface area contributed by atoms with E-state index < -0.39 is 0 Å². The Morgan fingerprint density at radius 3 is 2.81 bits per heavy atom. The minimum Gasteiger partial charge on any atom is -0.485 e. The first kappa shape index (κ1) is 13.6. The van der Waals surface area contributed by atoms with Crippen LogP contribution in [-0.4, -0.2) is 22.6 Å². The first-order valence-corrected chi connectivity index (χ1v) is 6.80. The van der Waals surface area contributed by atoms with Gasteiger partial charge in [0.2, 0.25) is 17.6 Å². The molecular weight excluding hydrogens is 272 g/mol. The summed E-state index contributed by atoms with van der Waals surface area (Å²) in [5.41, 5.74) is 5.90. The second kappa shape index (κ2) is 5.92. The van der Waals surface area contributed by atoms with Crippen molar-refractivity contribution in [2.45, 2.75) is 25.4 Å². The third kappa shape index (κ3) is 3.57. The standard InChI is InChI=1S/C14H16N4O3/c15-7-13(19)16-10-3-5-11(6-4-10)20-8-12-17-14(21-18-12)9-1-2-9/h3-6,9H,1-2,7-8,15H2,(H,16,19). The van der Waals surface area contributed by atoms with Crippen LogP contribution < -0.4 is 15.8 Å². The lowest BCUT2D eigenvalue weighted by atomic mass is 10.3. The van der Waals surface area contributed by atoms with E-state index in [2.05, 4.69) is 15.5 Å². The third-order valence-electron chi connectivity index (χ3n) is 3.10. The Balaban J connectivity index is 1.53. The summed E-state index contributed by atoms with van der Waals surface area (Å²) in [6.45, 7) is 0.212. The van der Waals surface area contributed by atoms with Crippen LogP contribution in [-0.2, 0) is 11.4 Å². The van der Waals surface area contributed by atoms with Crippen LogP contribution in [0.2, 0.25) is 0 Å². The normalized spacial score (nSPS) is 14.0. The highest BCUT2D eigenvalue weighted by molar-refractivity contribution is 5.92. The Morgan fingerprint density at radius 2 is 2.14 bits per heavy atom. The number of nitrogens with one attached hydrogen (secondary N) is 1. The average molecular weight is 288 g/mol. The lowest BCUT2D eigenvalue weighted by Gasteiger charge is -2.06. The van der Waals surface area contributed by atoms with Gasteiger partial charge < -0.3 is 20.3 Å². The third-order valence-corrected chi connectivity index (χ3v) is 3.10. The van der Waals surface area contributed by atoms with Crippen molar-refractivity contribution in [3.05, 3.63) is 36.0 Å². The molecule has 1 heterocycles. The van der Waals surface area contributed by atoms with Crippen LogP contribution in [0.3, 0.4) is 0 Å². The van der Waals surface area contributed by atoms with Crippen LogP contribution in [0.15, 0.2) is 28.8 Å². The van der Waals surface area contributed by atoms with E-state index in [4.69, 9.17) is 15.0 Å². The second-order valence-electron chi connectivity index (χ2n) is 4.89. The molecule has 0 bridgehead atoms. The monoisotopic (exact) mass is 288 g/mol. The van der Waals surface area contributed by atoms with Gasteiger partial charge in [-0.15, -0.1) is 0 Å². The molecule has 3 rings (SSSR count). The van der Waals surface area contributed by atoms with E-state index in [1.54, 1.807) is 24.3 Å². The number of aromatic nitrogens is 2. The highest BCUT2D eigenvalue weighted by Crippen LogP contribution is 2.38. The molecule has 1 amide bonds. The summed E-state index contributed by atoms with van der Waals surface area (Å²) >= 11 is 0. The fraction of sp³-hybridized carbons (Fsp3) is 0.357. The van der Waals surface area contributed by atoms with Gasteiger partial charge in [-0.2, -0.15) is 4.98 Å². The highest BCUT2D eigenvalue weighted by atomic mass is 16.5. The number of carbonyl (C=O) groups excluding carboxylic acids is 1. The number of amides is 1. The predicted octanol–water partition coefficient (Wildman–Crippen LogP) is 1.42. The summed E-state index contributed by atoms with van der Waals surface area (Å²) in [5, 5.41) is 6.53. The number of carbonyl (C=O) groups is 1. The number of nitrogens with two attached hydrogens (primary N) is 1. The zero-order chi connectivity index (χ0) is 14.7. The lowest BCUT2D eigenvalue weighted by Crippen LogP contribution is -2.21. The Hall–Kier alpha value is -2.41. The van der Waals surface area contributed by atoms with Crippen molar-refractivity contribution in [2.24, 2.45) is 5.73 Å². The molecule has 0 saturated heterocycles. The highest BCUT2D eigenvalue weighted by Gasteiger charge is 2.29. The minimum absolute atomic E-state index is 0.0423. The number of anilines is 1. The smallest absolute Gasteiger partial charge is 0.238 e. The predicted molar refractivity (Wildman–Crippen MR) is 74.7 cm³/mol. The molecule has 7 heteroatoms. The van der Waals surface area contributed by atoms with Crippen molar-refractivity contribution in [2.75, 3.05) is 11.9 Å². The van der Waals surface area contributed by atoms with Crippen molar-refractivity contribution in [1.29, 1.82) is 0 Å². The largest absolute Gasteiger partial charge is 0.485 e. The molecule has 0 unspecified atom stereocenters. The van der Waals surface area contributed by atoms with Crippen LogP contribution in [0.5, 0.6) is 5.75 Å². The van der Waals surface area contributed by atoms with Gasteiger partial charge in [0.25, 0.3) is 0 Å². The molecule has 1 aromatic heterocycles. The SMILES string of the molecule is NCC(=O)Nc1ccc(OCc2noc(C3CC3)n2)cc1. The van der Waals surface area contributed by atoms with E-state index in [1.165, 1.54) is 0 Å². The summed E-state index contributed by atoms with van der Waals surface area (Å²) < 4.78 is 10.7. The van der Waals surface area contributed by atoms with Crippen molar-refractivity contribution < 1.29 is 14.1 Å². The van der Waals surface area contributed by atoms with E-state index in [1.807, 2.05) is 0 Å². The zero-order valence-electron chi connectivity index (χ0n) is 11.4. The molecule has 1 aliphatic rings. The summed E-state index contributed by atoms with van der Waals surface area (Å²) in [6.07, 6.45) is 2.25. The van der Waals surface area contributed by atoms with Crippen LogP contribution in [0.25, 0.3) is 0 Å². The summed E-state index contributed by atoms with van der Waals surface area (Å²) in [7, 11) is 0. The van der Waals surface area contributed by atoms with Gasteiger partial charge >= 0.3 is 0 Å². The van der Waals surface area contributed by atoms with Crippen molar-refractivity contribution in [1.82, 2.24) is 10.1 Å². The van der Waals surface area contributed by atoms with E-state index in [9.17, 15) is 4.79 Å². The van der Waals surface area contributed by atoms with E-state index >= 15 is 0 Å². The van der Waals surface area contributed by atoms with Crippen LogP contribution in [0.4, 0.5) is 5.69 Å². The molecule has 1 aliphatic carbocycles. The fourth-order valence-electron chi connectivity index (χ4n) is 1.82. The summed E-state index contributed by atoms with van der Waals surface area (Å²) in [4.78, 5) is 15.4. The van der Waals surface area contributed by atoms with Gasteiger partial charge in [0, 0.05) is 11.6 Å². The first-order valence-electron chi connectivity index (χ1n) is 6.80. The molecule has 1 saturated carbocycles. The van der Waals surface area contributed by atoms with Gasteiger partial charge in [-0.25, -0.2) is 0 Å². The topological polar surface area (TPSA) is 103 Å². The molecule has 0 spiro atoms. The van der Waals surface area contributed by atoms with Crippen molar-refractivity contribution in [3.63, 3.8) is 0 Å². The number of rotatable bonds is 6. The Morgan fingerprint density at radius 1 is 1.38 bits per heavy atom. The van der Waals surface area contributed by atoms with Crippen LogP contribution in [0, 0.1) is 0 Å². The van der Waals surface area contributed by atoms with Crippen LogP contribution >= 0.6 is 0 Å². The molecule has 0 atom stereocenters. The van der Waals surface area contributed by atoms with Crippen molar-refractivity contribution >= 4 is 11.6 Å². The van der Waals surface area contributed by atoms with Crippen LogP contribution in [0.1, 0.15) is 30.5 Å². The number of nitrogens with zero attached hydrogens (tertiary/aromatic N) is 2. The number of benzene rings is 1. The molecular formula is C14H16N4O3. The van der Waals surface area contributed by atoms with E-state index in [0.717, 1.165) is 12.8 Å². The minimum atomic E-state index is -0.233. The Bertz CT molecular complexity index is 619. The molecule has 1 fully saturated rings. The molecule has 21 heavy (non-hydrogen) atoms. The van der Waals surface area contributed by atoms with Crippen molar-refractivity contribution in [3.8, 4) is 5.75 Å². The Labute approximate surface area is 121 Å². The van der Waals surface area contributed by atoms with Gasteiger partial charge in [-0.05, 0) is 37.1 Å². The number of hydrogen-bond acceptors (Lipinski definition) is 6. The Kier molecular flexibility index (Phi) is 3.83. The lowest BCUT2D eigenvalue weighted by molar-refractivity contribution is -0.114. The van der Waals surface area contributed by atoms with Gasteiger partial charge in [-0.1, -0.05) is 5.16 Å². The molecule has 7 nitrogen and oxygen atoms in total. The van der Waals surface area contributed by atoms with E-state index in [0.29, 0.717) is 29.1 Å². The summed E-state index contributed by atoms with van der Waals surface area (Å²) in [6, 6.07) is 7.01. The van der Waals surface area contributed by atoms with Gasteiger partial charge in [0.05, 0.1) is 6.54 Å². The molecule has 3 N–H and O–H groups in total. The second-order valence-corrected chi connectivity index (χ2v) is 4.89. The molecule has 2 aromatic rings. The maximum absolute atomic E-state index is 11.1. The van der Waals surface area contributed by atoms with Gasteiger partial charge in [0.1, 0.15) is 5.75 Å².